The van der Waals surface area contributed by atoms with E-state index in [4.69, 9.17) is 0 Å². The first-order valence-electron chi connectivity index (χ1n) is 5.80. The molecule has 0 spiro atoms. The number of benzene rings is 1. The van der Waals surface area contributed by atoms with Crippen molar-refractivity contribution in [3.8, 4) is 0 Å². The third-order valence-corrected chi connectivity index (χ3v) is 4.61. The summed E-state index contributed by atoms with van der Waals surface area (Å²) in [6, 6.07) is 3.91. The van der Waals surface area contributed by atoms with E-state index in [1.165, 1.54) is 6.07 Å². The van der Waals surface area contributed by atoms with Gasteiger partial charge in [-0.2, -0.15) is 17.4 Å². The highest BCUT2D eigenvalue weighted by Crippen LogP contribution is 2.26. The number of aldehydes is 1. The van der Waals surface area contributed by atoms with E-state index in [2.05, 4.69) is 4.72 Å². The van der Waals surface area contributed by atoms with Crippen LogP contribution in [0.15, 0.2) is 18.2 Å². The number of carbonyl (C=O) groups excluding carboxylic acids is 1. The van der Waals surface area contributed by atoms with E-state index in [-0.39, 0.29) is 18.8 Å². The zero-order valence-corrected chi connectivity index (χ0v) is 11.5. The van der Waals surface area contributed by atoms with Gasteiger partial charge in [-0.15, -0.1) is 0 Å². The van der Waals surface area contributed by atoms with Crippen LogP contribution >= 0.6 is 0 Å². The second-order valence-corrected chi connectivity index (χ2v) is 6.20. The normalized spacial score (nSPS) is 21.8. The van der Waals surface area contributed by atoms with Crippen molar-refractivity contribution in [1.29, 1.82) is 0 Å². The van der Waals surface area contributed by atoms with Crippen LogP contribution in [0.2, 0.25) is 0 Å². The van der Waals surface area contributed by atoms with Gasteiger partial charge in [-0.1, -0.05) is 18.2 Å². The molecule has 1 aromatic rings. The molecule has 8 nitrogen and oxygen atoms in total. The first kappa shape index (κ1) is 14.6. The molecule has 9 heteroatoms. The van der Waals surface area contributed by atoms with E-state index in [1.807, 2.05) is 0 Å². The molecule has 0 radical (unpaired) electrons. The fraction of sp³-hybridized carbons (Fsp3) is 0.364. The van der Waals surface area contributed by atoms with E-state index in [0.717, 1.165) is 4.31 Å². The molecule has 1 unspecified atom stereocenters. The molecule has 1 N–H and O–H groups in total. The molecule has 0 bridgehead atoms. The van der Waals surface area contributed by atoms with Gasteiger partial charge in [0.05, 0.1) is 11.0 Å². The Labute approximate surface area is 115 Å². The maximum absolute atomic E-state index is 11.8. The zero-order valence-electron chi connectivity index (χ0n) is 10.6. The number of hydrogen-bond donors (Lipinski definition) is 1. The summed E-state index contributed by atoms with van der Waals surface area (Å²) in [7, 11) is -3.77. The molecule has 2 rings (SSSR count). The van der Waals surface area contributed by atoms with Crippen molar-refractivity contribution in [3.63, 3.8) is 0 Å². The molecule has 1 saturated heterocycles. The molecular formula is C11H13N3O5S. The van der Waals surface area contributed by atoms with Gasteiger partial charge in [0.15, 0.2) is 0 Å². The van der Waals surface area contributed by atoms with Gasteiger partial charge in [-0.05, 0) is 6.92 Å². The molecule has 1 fully saturated rings. The molecule has 0 saturated carbocycles. The highest BCUT2D eigenvalue weighted by Gasteiger charge is 2.36. The molecule has 20 heavy (non-hydrogen) atoms. The number of hydrogen-bond acceptors (Lipinski definition) is 5. The second-order valence-electron chi connectivity index (χ2n) is 4.50. The lowest BCUT2D eigenvalue weighted by Crippen LogP contribution is -2.30. The van der Waals surface area contributed by atoms with Gasteiger partial charge in [0.1, 0.15) is 6.29 Å². The standard InChI is InChI=1S/C11H13N3O5S/c1-8-3-2-4-9(11(8)14(16)17)5-13-6-10(7-15)12-20(13,18)19/h2-4,7,10,12H,5-6H2,1H3. The average molecular weight is 299 g/mol. The molecule has 0 aromatic heterocycles. The Bertz CT molecular complexity index is 658. The molecule has 0 aliphatic carbocycles. The fourth-order valence-corrected chi connectivity index (χ4v) is 3.47. The van der Waals surface area contributed by atoms with E-state index < -0.39 is 21.2 Å². The van der Waals surface area contributed by atoms with Crippen LogP contribution in [0.1, 0.15) is 11.1 Å². The molecule has 1 aromatic carbocycles. The zero-order chi connectivity index (χ0) is 14.9. The molecule has 1 aliphatic heterocycles. The molecule has 1 aliphatic rings. The first-order chi connectivity index (χ1) is 9.35. The van der Waals surface area contributed by atoms with Crippen molar-refractivity contribution in [2.75, 3.05) is 6.54 Å². The van der Waals surface area contributed by atoms with Gasteiger partial charge in [0.2, 0.25) is 0 Å². The van der Waals surface area contributed by atoms with Crippen LogP contribution in [0.5, 0.6) is 0 Å². The Morgan fingerprint density at radius 1 is 1.55 bits per heavy atom. The van der Waals surface area contributed by atoms with Crippen molar-refractivity contribution in [1.82, 2.24) is 9.03 Å². The van der Waals surface area contributed by atoms with Gasteiger partial charge in [-0.3, -0.25) is 10.1 Å². The summed E-state index contributed by atoms with van der Waals surface area (Å²) in [6.07, 6.45) is 0.502. The number of nitrogens with one attached hydrogen (secondary N) is 1. The molecule has 108 valence electrons. The summed E-state index contributed by atoms with van der Waals surface area (Å²) in [4.78, 5) is 21.2. The van der Waals surface area contributed by atoms with Crippen molar-refractivity contribution < 1.29 is 18.1 Å². The van der Waals surface area contributed by atoms with Crippen molar-refractivity contribution in [2.45, 2.75) is 19.5 Å². The minimum atomic E-state index is -3.77. The topological polar surface area (TPSA) is 110 Å². The SMILES string of the molecule is Cc1cccc(CN2CC(C=O)NS2(=O)=O)c1[N+](=O)[O-]. The van der Waals surface area contributed by atoms with Crippen LogP contribution < -0.4 is 4.72 Å². The largest absolute Gasteiger partial charge is 0.302 e. The number of para-hydroxylation sites is 1. The highest BCUT2D eigenvalue weighted by molar-refractivity contribution is 7.87. The summed E-state index contributed by atoms with van der Waals surface area (Å²) in [5.74, 6) is 0. The van der Waals surface area contributed by atoms with Crippen LogP contribution in [0.4, 0.5) is 5.69 Å². The predicted octanol–water partition coefficient (Wildman–Crippen LogP) is 0.121. The summed E-state index contributed by atoms with van der Waals surface area (Å²) in [6.45, 7) is 1.42. The predicted molar refractivity (Wildman–Crippen MR) is 70.2 cm³/mol. The number of nitrogens with zero attached hydrogens (tertiary/aromatic N) is 2. The molecule has 1 heterocycles. The third-order valence-electron chi connectivity index (χ3n) is 3.06. The lowest BCUT2D eigenvalue weighted by Gasteiger charge is -2.13. The van der Waals surface area contributed by atoms with Crippen molar-refractivity contribution >= 4 is 22.2 Å². The molecular weight excluding hydrogens is 286 g/mol. The lowest BCUT2D eigenvalue weighted by molar-refractivity contribution is -0.386. The first-order valence-corrected chi connectivity index (χ1v) is 7.24. The molecule has 1 atom stereocenters. The summed E-state index contributed by atoms with van der Waals surface area (Å²) < 4.78 is 26.8. The van der Waals surface area contributed by atoms with Crippen molar-refractivity contribution in [2.24, 2.45) is 0 Å². The van der Waals surface area contributed by atoms with Crippen LogP contribution in [-0.2, 0) is 21.5 Å². The minimum absolute atomic E-state index is 0.0308. The van der Waals surface area contributed by atoms with E-state index >= 15 is 0 Å². The second kappa shape index (κ2) is 5.27. The Balaban J connectivity index is 2.34. The number of aryl methyl sites for hydroxylation is 1. The van der Waals surface area contributed by atoms with Gasteiger partial charge in [-0.25, -0.2) is 0 Å². The average Bonchev–Trinajstić information content (AvgIpc) is 2.64. The van der Waals surface area contributed by atoms with Crippen LogP contribution in [-0.4, -0.2) is 36.5 Å². The quantitative estimate of drug-likeness (QED) is 0.482. The Morgan fingerprint density at radius 2 is 2.25 bits per heavy atom. The van der Waals surface area contributed by atoms with Gasteiger partial charge in [0.25, 0.3) is 15.9 Å². The number of nitro benzene ring substituents is 1. The van der Waals surface area contributed by atoms with Crippen LogP contribution in [0, 0.1) is 17.0 Å². The number of carbonyl (C=O) groups is 1. The van der Waals surface area contributed by atoms with Gasteiger partial charge in [0, 0.05) is 24.2 Å². The third kappa shape index (κ3) is 2.69. The number of rotatable bonds is 4. The summed E-state index contributed by atoms with van der Waals surface area (Å²) in [5, 5.41) is 11.1. The Hall–Kier alpha value is -1.84. The number of nitro groups is 1. The summed E-state index contributed by atoms with van der Waals surface area (Å²) >= 11 is 0. The van der Waals surface area contributed by atoms with Crippen LogP contribution in [0.3, 0.4) is 0 Å². The van der Waals surface area contributed by atoms with E-state index in [1.54, 1.807) is 19.1 Å². The van der Waals surface area contributed by atoms with E-state index in [0.29, 0.717) is 17.4 Å². The lowest BCUT2D eigenvalue weighted by atomic mass is 10.1. The maximum Gasteiger partial charge on any atom is 0.280 e. The summed E-state index contributed by atoms with van der Waals surface area (Å²) in [5.41, 5.74) is 0.660. The van der Waals surface area contributed by atoms with Crippen molar-refractivity contribution in [3.05, 3.63) is 39.4 Å². The van der Waals surface area contributed by atoms with Crippen LogP contribution in [0.25, 0.3) is 0 Å². The Kier molecular flexibility index (Phi) is 3.84. The smallest absolute Gasteiger partial charge is 0.280 e. The monoisotopic (exact) mass is 299 g/mol. The minimum Gasteiger partial charge on any atom is -0.302 e. The maximum atomic E-state index is 11.8. The molecule has 0 amide bonds. The fourth-order valence-electron chi connectivity index (χ4n) is 2.14. The van der Waals surface area contributed by atoms with Gasteiger partial charge >= 0.3 is 0 Å². The Morgan fingerprint density at radius 3 is 2.80 bits per heavy atom. The highest BCUT2D eigenvalue weighted by atomic mass is 32.2. The van der Waals surface area contributed by atoms with Gasteiger partial charge < -0.3 is 4.79 Å². The van der Waals surface area contributed by atoms with E-state index in [9.17, 15) is 23.3 Å².